The summed E-state index contributed by atoms with van der Waals surface area (Å²) in [4.78, 5) is 28.4. The molecule has 0 N–H and O–H groups in total. The van der Waals surface area contributed by atoms with Gasteiger partial charge in [0.2, 0.25) is 11.8 Å². The minimum absolute atomic E-state index is 0.0109. The zero-order chi connectivity index (χ0) is 15.7. The molecule has 4 nitrogen and oxygen atoms in total. The first kappa shape index (κ1) is 15.0. The Kier molecular flexibility index (Phi) is 4.14. The van der Waals surface area contributed by atoms with Gasteiger partial charge in [-0.05, 0) is 43.9 Å². The normalized spacial score (nSPS) is 24.5. The van der Waals surface area contributed by atoms with Gasteiger partial charge in [0.05, 0.1) is 0 Å². The molecule has 0 aliphatic carbocycles. The lowest BCUT2D eigenvalue weighted by Crippen LogP contribution is -2.60. The number of nitrogens with zero attached hydrogens (tertiary/aromatic N) is 2. The fourth-order valence-corrected chi connectivity index (χ4v) is 3.44. The van der Waals surface area contributed by atoms with E-state index < -0.39 is 0 Å². The van der Waals surface area contributed by atoms with Crippen LogP contribution in [0.25, 0.3) is 0 Å². The molecule has 22 heavy (non-hydrogen) atoms. The molecule has 2 aliphatic rings. The van der Waals surface area contributed by atoms with Gasteiger partial charge >= 0.3 is 0 Å². The summed E-state index contributed by atoms with van der Waals surface area (Å²) < 4.78 is 12.9. The molecule has 2 atom stereocenters. The fourth-order valence-electron chi connectivity index (χ4n) is 3.44. The summed E-state index contributed by atoms with van der Waals surface area (Å²) in [5.41, 5.74) is 0.938. The van der Waals surface area contributed by atoms with Crippen LogP contribution in [0.3, 0.4) is 0 Å². The van der Waals surface area contributed by atoms with Gasteiger partial charge in [0.15, 0.2) is 0 Å². The van der Waals surface area contributed by atoms with Gasteiger partial charge in [-0.25, -0.2) is 4.39 Å². The zero-order valence-electron chi connectivity index (χ0n) is 12.8. The van der Waals surface area contributed by atoms with E-state index in [1.54, 1.807) is 17.0 Å². The average molecular weight is 304 g/mol. The SMILES string of the molecule is C[C@H]1C(=O)N2CCC[C@@H]2CN1C(=O)CCc1ccc(F)cc1. The standard InChI is InChI=1S/C17H21FN2O2/c1-12-17(22)19-10-2-3-15(19)11-20(12)16(21)9-6-13-4-7-14(18)8-5-13/h4-5,7-8,12,15H,2-3,6,9-11H2,1H3/t12-,15+/m0/s1. The Balaban J connectivity index is 1.61. The fraction of sp³-hybridized carbons (Fsp3) is 0.529. The zero-order valence-corrected chi connectivity index (χ0v) is 12.8. The lowest BCUT2D eigenvalue weighted by Gasteiger charge is -2.41. The largest absolute Gasteiger partial charge is 0.336 e. The summed E-state index contributed by atoms with van der Waals surface area (Å²) in [6, 6.07) is 6.04. The highest BCUT2D eigenvalue weighted by Crippen LogP contribution is 2.26. The molecule has 118 valence electrons. The van der Waals surface area contributed by atoms with Crippen LogP contribution in [0.5, 0.6) is 0 Å². The van der Waals surface area contributed by atoms with Crippen molar-refractivity contribution in [1.82, 2.24) is 9.80 Å². The van der Waals surface area contributed by atoms with Crippen LogP contribution in [0.2, 0.25) is 0 Å². The monoisotopic (exact) mass is 304 g/mol. The van der Waals surface area contributed by atoms with Crippen LogP contribution in [-0.4, -0.2) is 46.8 Å². The van der Waals surface area contributed by atoms with Crippen LogP contribution in [0.15, 0.2) is 24.3 Å². The number of halogens is 1. The molecule has 0 radical (unpaired) electrons. The number of amides is 2. The van der Waals surface area contributed by atoms with Crippen molar-refractivity contribution in [2.45, 2.75) is 44.7 Å². The van der Waals surface area contributed by atoms with Gasteiger partial charge in [0, 0.05) is 25.6 Å². The molecular formula is C17H21FN2O2. The molecule has 3 rings (SSSR count). The van der Waals surface area contributed by atoms with Gasteiger partial charge in [-0.1, -0.05) is 12.1 Å². The Morgan fingerprint density at radius 3 is 2.77 bits per heavy atom. The molecule has 5 heteroatoms. The summed E-state index contributed by atoms with van der Waals surface area (Å²) in [6.07, 6.45) is 2.95. The van der Waals surface area contributed by atoms with Crippen LogP contribution in [0.4, 0.5) is 4.39 Å². The van der Waals surface area contributed by atoms with E-state index in [2.05, 4.69) is 0 Å². The molecule has 0 unspecified atom stereocenters. The Bertz CT molecular complexity index is 573. The van der Waals surface area contributed by atoms with E-state index in [1.165, 1.54) is 12.1 Å². The molecule has 2 aliphatic heterocycles. The first-order valence-electron chi connectivity index (χ1n) is 7.90. The number of carbonyl (C=O) groups is 2. The van der Waals surface area contributed by atoms with E-state index >= 15 is 0 Å². The third-order valence-electron chi connectivity index (χ3n) is 4.75. The predicted octanol–water partition coefficient (Wildman–Crippen LogP) is 1.98. The highest BCUT2D eigenvalue weighted by atomic mass is 19.1. The summed E-state index contributed by atoms with van der Waals surface area (Å²) >= 11 is 0. The minimum Gasteiger partial charge on any atom is -0.336 e. The van der Waals surface area contributed by atoms with Gasteiger partial charge in [0.25, 0.3) is 0 Å². The average Bonchev–Trinajstić information content (AvgIpc) is 2.98. The van der Waals surface area contributed by atoms with Crippen LogP contribution in [0.1, 0.15) is 31.7 Å². The molecule has 0 bridgehead atoms. The first-order valence-corrected chi connectivity index (χ1v) is 7.90. The highest BCUT2D eigenvalue weighted by Gasteiger charge is 2.41. The maximum absolute atomic E-state index is 12.9. The molecule has 1 aromatic rings. The van der Waals surface area contributed by atoms with Crippen molar-refractivity contribution < 1.29 is 14.0 Å². The van der Waals surface area contributed by atoms with E-state index in [9.17, 15) is 14.0 Å². The quantitative estimate of drug-likeness (QED) is 0.857. The Morgan fingerprint density at radius 2 is 2.05 bits per heavy atom. The van der Waals surface area contributed by atoms with E-state index in [0.717, 1.165) is 24.9 Å². The lowest BCUT2D eigenvalue weighted by molar-refractivity contribution is -0.152. The van der Waals surface area contributed by atoms with Crippen LogP contribution < -0.4 is 0 Å². The van der Waals surface area contributed by atoms with Gasteiger partial charge in [-0.3, -0.25) is 9.59 Å². The molecule has 2 heterocycles. The van der Waals surface area contributed by atoms with Gasteiger partial charge < -0.3 is 9.80 Å². The lowest BCUT2D eigenvalue weighted by atomic mass is 10.0. The summed E-state index contributed by atoms with van der Waals surface area (Å²) in [5, 5.41) is 0. The van der Waals surface area contributed by atoms with Gasteiger partial charge in [-0.15, -0.1) is 0 Å². The second-order valence-corrected chi connectivity index (χ2v) is 6.18. The molecule has 0 spiro atoms. The maximum atomic E-state index is 12.9. The molecule has 2 amide bonds. The number of carbonyl (C=O) groups excluding carboxylic acids is 2. The van der Waals surface area contributed by atoms with Gasteiger partial charge in [0.1, 0.15) is 11.9 Å². The summed E-state index contributed by atoms with van der Waals surface area (Å²) in [6.45, 7) is 3.28. The van der Waals surface area contributed by atoms with Crippen molar-refractivity contribution in [2.75, 3.05) is 13.1 Å². The molecule has 1 aromatic carbocycles. The second-order valence-electron chi connectivity index (χ2n) is 6.18. The van der Waals surface area contributed by atoms with E-state index in [-0.39, 0.29) is 29.7 Å². The Morgan fingerprint density at radius 1 is 1.32 bits per heavy atom. The minimum atomic E-state index is -0.366. The Labute approximate surface area is 129 Å². The summed E-state index contributed by atoms with van der Waals surface area (Å²) in [5.74, 6) is -0.188. The van der Waals surface area contributed by atoms with E-state index in [1.807, 2.05) is 11.8 Å². The molecule has 0 aromatic heterocycles. The topological polar surface area (TPSA) is 40.6 Å². The van der Waals surface area contributed by atoms with E-state index in [0.29, 0.717) is 19.4 Å². The predicted molar refractivity (Wildman–Crippen MR) is 80.6 cm³/mol. The van der Waals surface area contributed by atoms with Crippen molar-refractivity contribution in [3.05, 3.63) is 35.6 Å². The Hall–Kier alpha value is -1.91. The number of fused-ring (bicyclic) bond motifs is 1. The van der Waals surface area contributed by atoms with Crippen LogP contribution in [-0.2, 0) is 16.0 Å². The summed E-state index contributed by atoms with van der Waals surface area (Å²) in [7, 11) is 0. The van der Waals surface area contributed by atoms with Crippen molar-refractivity contribution >= 4 is 11.8 Å². The number of hydrogen-bond donors (Lipinski definition) is 0. The van der Waals surface area contributed by atoms with Crippen LogP contribution >= 0.6 is 0 Å². The number of rotatable bonds is 3. The highest BCUT2D eigenvalue weighted by molar-refractivity contribution is 5.89. The first-order chi connectivity index (χ1) is 10.6. The van der Waals surface area contributed by atoms with Crippen LogP contribution in [0, 0.1) is 5.82 Å². The van der Waals surface area contributed by atoms with Crippen molar-refractivity contribution in [3.8, 4) is 0 Å². The second kappa shape index (κ2) is 6.07. The third kappa shape index (κ3) is 2.85. The van der Waals surface area contributed by atoms with Crippen molar-refractivity contribution in [2.24, 2.45) is 0 Å². The number of hydrogen-bond acceptors (Lipinski definition) is 2. The molecule has 2 fully saturated rings. The van der Waals surface area contributed by atoms with Gasteiger partial charge in [-0.2, -0.15) is 0 Å². The van der Waals surface area contributed by atoms with E-state index in [4.69, 9.17) is 0 Å². The maximum Gasteiger partial charge on any atom is 0.245 e. The number of aryl methyl sites for hydroxylation is 1. The molecule has 2 saturated heterocycles. The smallest absolute Gasteiger partial charge is 0.245 e. The third-order valence-corrected chi connectivity index (χ3v) is 4.75. The molecule has 0 saturated carbocycles. The number of piperazine rings is 1. The van der Waals surface area contributed by atoms with Crippen molar-refractivity contribution in [1.29, 1.82) is 0 Å². The molecular weight excluding hydrogens is 283 g/mol. The number of benzene rings is 1. The van der Waals surface area contributed by atoms with Crippen molar-refractivity contribution in [3.63, 3.8) is 0 Å².